The molecule has 1 heteroatoms. The maximum absolute atomic E-state index is 6.35. The van der Waals surface area contributed by atoms with Crippen LogP contribution in [0.1, 0.15) is 94.9 Å². The Balaban J connectivity index is 2.53. The number of hydrogen-bond acceptors (Lipinski definition) is 1. The highest BCUT2D eigenvalue weighted by molar-refractivity contribution is 5.32. The molecule has 0 aromatic rings. The molecule has 0 saturated carbocycles. The summed E-state index contributed by atoms with van der Waals surface area (Å²) < 4.78 is 6.35. The highest BCUT2D eigenvalue weighted by atomic mass is 16.5. The van der Waals surface area contributed by atoms with Crippen LogP contribution in [0.3, 0.4) is 0 Å². The van der Waals surface area contributed by atoms with Crippen LogP contribution in [0.4, 0.5) is 0 Å². The lowest BCUT2D eigenvalue weighted by Gasteiger charge is -2.24. The van der Waals surface area contributed by atoms with Crippen molar-refractivity contribution in [1.29, 1.82) is 0 Å². The van der Waals surface area contributed by atoms with E-state index in [0.29, 0.717) is 0 Å². The van der Waals surface area contributed by atoms with Gasteiger partial charge < -0.3 is 4.74 Å². The lowest BCUT2D eigenvalue weighted by atomic mass is 10.00. The van der Waals surface area contributed by atoms with Crippen molar-refractivity contribution in [2.24, 2.45) is 0 Å². The summed E-state index contributed by atoms with van der Waals surface area (Å²) in [6.45, 7) is 21.5. The van der Waals surface area contributed by atoms with Gasteiger partial charge in [-0.15, -0.1) is 0 Å². The van der Waals surface area contributed by atoms with Crippen LogP contribution >= 0.6 is 0 Å². The minimum Gasteiger partial charge on any atom is -0.360 e. The average molecular weight is 553 g/mol. The van der Waals surface area contributed by atoms with Crippen molar-refractivity contribution < 1.29 is 4.74 Å². The maximum Gasteiger partial charge on any atom is 0.0979 e. The summed E-state index contributed by atoms with van der Waals surface area (Å²) in [5, 5.41) is 0. The van der Waals surface area contributed by atoms with Gasteiger partial charge in [0.25, 0.3) is 0 Å². The van der Waals surface area contributed by atoms with Crippen molar-refractivity contribution in [3.05, 3.63) is 142 Å². The van der Waals surface area contributed by atoms with Crippen molar-refractivity contribution in [1.82, 2.24) is 0 Å². The summed E-state index contributed by atoms with van der Waals surface area (Å²) >= 11 is 0. The molecule has 2 atom stereocenters. The van der Waals surface area contributed by atoms with Crippen LogP contribution < -0.4 is 0 Å². The normalized spacial score (nSPS) is 21.3. The van der Waals surface area contributed by atoms with E-state index in [1.807, 2.05) is 0 Å². The van der Waals surface area contributed by atoms with Gasteiger partial charge in [0.05, 0.1) is 11.7 Å². The standard InChI is InChI=1S/C40H56O/c1-32(2)18-13-22-36(7)24-15-26-37(8)25-14-23-34(5)20-11-12-21-35(6)27-16-28-38(9)39-29-31-40(10,41-39)30-17-19-33(3)4/h11-12,14-16,18-21,23-29,31,39H,13,17,22,30H2,1-10H3/b12-11+,23-14+,26-15+,27-16+,34-20+,35-21+,36-24+,37-25+,38-28+. The maximum atomic E-state index is 6.35. The van der Waals surface area contributed by atoms with E-state index in [1.54, 1.807) is 0 Å². The summed E-state index contributed by atoms with van der Waals surface area (Å²) in [5.74, 6) is 0. The molecule has 1 aliphatic rings. The summed E-state index contributed by atoms with van der Waals surface area (Å²) in [7, 11) is 0. The van der Waals surface area contributed by atoms with Crippen molar-refractivity contribution in [2.45, 2.75) is 107 Å². The van der Waals surface area contributed by atoms with Crippen LogP contribution in [0.15, 0.2) is 142 Å². The first-order valence-corrected chi connectivity index (χ1v) is 15.1. The fourth-order valence-corrected chi connectivity index (χ4v) is 4.11. The molecular formula is C40H56O. The highest BCUT2D eigenvalue weighted by Gasteiger charge is 2.30. The Labute approximate surface area is 253 Å². The predicted octanol–water partition coefficient (Wildman–Crippen LogP) is 12.1. The number of rotatable bonds is 15. The van der Waals surface area contributed by atoms with Crippen LogP contribution in [0.2, 0.25) is 0 Å². The minimum absolute atomic E-state index is 0.0556. The summed E-state index contributed by atoms with van der Waals surface area (Å²) in [6, 6.07) is 0. The van der Waals surface area contributed by atoms with Gasteiger partial charge in [-0.1, -0.05) is 137 Å². The first-order valence-electron chi connectivity index (χ1n) is 15.1. The Morgan fingerprint density at radius 1 is 0.634 bits per heavy atom. The van der Waals surface area contributed by atoms with Crippen molar-refractivity contribution in [2.75, 3.05) is 0 Å². The van der Waals surface area contributed by atoms with E-state index in [1.165, 1.54) is 39.0 Å². The number of hydrogen-bond donors (Lipinski definition) is 0. The zero-order valence-electron chi connectivity index (χ0n) is 27.6. The Kier molecular flexibility index (Phi) is 17.4. The third kappa shape index (κ3) is 18.0. The molecule has 1 rings (SSSR count). The molecule has 41 heavy (non-hydrogen) atoms. The lowest BCUT2D eigenvalue weighted by Crippen LogP contribution is -2.25. The van der Waals surface area contributed by atoms with Crippen molar-refractivity contribution >= 4 is 0 Å². The molecule has 0 spiro atoms. The van der Waals surface area contributed by atoms with Crippen LogP contribution in [-0.4, -0.2) is 11.7 Å². The Morgan fingerprint density at radius 3 is 1.68 bits per heavy atom. The highest BCUT2D eigenvalue weighted by Crippen LogP contribution is 2.31. The van der Waals surface area contributed by atoms with Crippen LogP contribution in [0, 0.1) is 0 Å². The van der Waals surface area contributed by atoms with Gasteiger partial charge in [-0.3, -0.25) is 0 Å². The second kappa shape index (κ2) is 19.8. The van der Waals surface area contributed by atoms with Crippen LogP contribution in [0.5, 0.6) is 0 Å². The van der Waals surface area contributed by atoms with E-state index in [0.717, 1.165) is 25.7 Å². The molecule has 0 radical (unpaired) electrons. The van der Waals surface area contributed by atoms with Crippen LogP contribution in [-0.2, 0) is 4.74 Å². The molecule has 1 nitrogen and oxygen atoms in total. The van der Waals surface area contributed by atoms with Crippen molar-refractivity contribution in [3.8, 4) is 0 Å². The van der Waals surface area contributed by atoms with E-state index in [-0.39, 0.29) is 11.7 Å². The van der Waals surface area contributed by atoms with E-state index in [2.05, 4.69) is 173 Å². The van der Waals surface area contributed by atoms with Gasteiger partial charge in [-0.05, 0) is 100 Å². The summed E-state index contributed by atoms with van der Waals surface area (Å²) in [6.07, 6.45) is 41.1. The number of allylic oxidation sites excluding steroid dienone is 21. The van der Waals surface area contributed by atoms with Gasteiger partial charge in [0, 0.05) is 0 Å². The van der Waals surface area contributed by atoms with Crippen molar-refractivity contribution in [3.63, 3.8) is 0 Å². The topological polar surface area (TPSA) is 9.23 Å². The van der Waals surface area contributed by atoms with Gasteiger partial charge in [0.2, 0.25) is 0 Å². The third-order valence-corrected chi connectivity index (χ3v) is 6.76. The Morgan fingerprint density at radius 2 is 1.12 bits per heavy atom. The molecular weight excluding hydrogens is 496 g/mol. The molecule has 222 valence electrons. The quantitative estimate of drug-likeness (QED) is 0.145. The van der Waals surface area contributed by atoms with Gasteiger partial charge in [0.1, 0.15) is 0 Å². The van der Waals surface area contributed by atoms with Gasteiger partial charge >= 0.3 is 0 Å². The van der Waals surface area contributed by atoms with Crippen LogP contribution in [0.25, 0.3) is 0 Å². The molecule has 0 N–H and O–H groups in total. The minimum atomic E-state index is -0.176. The number of ether oxygens (including phenoxy) is 1. The van der Waals surface area contributed by atoms with E-state index in [9.17, 15) is 0 Å². The largest absolute Gasteiger partial charge is 0.360 e. The van der Waals surface area contributed by atoms with E-state index >= 15 is 0 Å². The average Bonchev–Trinajstić information content (AvgIpc) is 3.28. The molecule has 0 saturated heterocycles. The first kappa shape index (κ1) is 35.9. The Bertz CT molecular complexity index is 1190. The SMILES string of the molecule is CC(C)=CCC/C(C)=C/C=C/C(C)=C/C=C/C(C)=C/C=C/C=C(C)/C=C/C=C(\C)C1C=CC(C)(CCC=C(C)C)O1. The van der Waals surface area contributed by atoms with Gasteiger partial charge in [0.15, 0.2) is 0 Å². The molecule has 2 unspecified atom stereocenters. The molecule has 0 aromatic carbocycles. The van der Waals surface area contributed by atoms with E-state index < -0.39 is 0 Å². The second-order valence-electron chi connectivity index (χ2n) is 12.0. The molecule has 0 fully saturated rings. The van der Waals surface area contributed by atoms with Gasteiger partial charge in [-0.25, -0.2) is 0 Å². The third-order valence-electron chi connectivity index (χ3n) is 6.76. The first-order chi connectivity index (χ1) is 19.4. The predicted molar refractivity (Wildman–Crippen MR) is 185 cm³/mol. The summed E-state index contributed by atoms with van der Waals surface area (Å²) in [4.78, 5) is 0. The molecule has 0 aliphatic carbocycles. The molecule has 0 amide bonds. The molecule has 0 aromatic heterocycles. The summed E-state index contributed by atoms with van der Waals surface area (Å²) in [5.41, 5.74) is 8.85. The molecule has 0 bridgehead atoms. The van der Waals surface area contributed by atoms with E-state index in [4.69, 9.17) is 4.74 Å². The molecule has 1 aliphatic heterocycles. The Hall–Kier alpha value is -3.16. The fraction of sp³-hybridized carbons (Fsp3) is 0.400. The smallest absolute Gasteiger partial charge is 0.0979 e. The second-order valence-corrected chi connectivity index (χ2v) is 12.0. The molecule has 1 heterocycles. The van der Waals surface area contributed by atoms with Gasteiger partial charge in [-0.2, -0.15) is 0 Å². The lowest BCUT2D eigenvalue weighted by molar-refractivity contribution is -0.000478. The zero-order valence-corrected chi connectivity index (χ0v) is 27.6. The fourth-order valence-electron chi connectivity index (χ4n) is 4.11. The zero-order chi connectivity index (χ0) is 30.7. The monoisotopic (exact) mass is 552 g/mol.